The third-order valence-electron chi connectivity index (χ3n) is 8.75. The number of ketones is 1. The minimum atomic E-state index is -5.58. The Morgan fingerprint density at radius 3 is 2.30 bits per heavy atom. The molecule has 7 unspecified atom stereocenters. The highest BCUT2D eigenvalue weighted by molar-refractivity contribution is 8.13. The Morgan fingerprint density at radius 1 is 0.967 bits per heavy atom. The predicted octanol–water partition coefficient (Wildman–Crippen LogP) is 0.984. The number of nitrogen functional groups attached to an aromatic ring is 1. The van der Waals surface area contributed by atoms with E-state index in [4.69, 9.17) is 19.5 Å². The Labute approximate surface area is 348 Å². The lowest BCUT2D eigenvalue weighted by atomic mass is 9.87. The number of aliphatic hydroxyl groups excluding tert-OH is 2. The molecule has 2 aromatic heterocycles. The molecule has 7 atom stereocenters. The molecule has 1 fully saturated rings. The smallest absolute Gasteiger partial charge is 0.386 e. The van der Waals surface area contributed by atoms with Crippen LogP contribution in [-0.4, -0.2) is 128 Å². The molecule has 0 bridgehead atoms. The summed E-state index contributed by atoms with van der Waals surface area (Å²) in [6, 6.07) is 0. The molecule has 0 radical (unpaired) electrons. The molecule has 2 amide bonds. The summed E-state index contributed by atoms with van der Waals surface area (Å²) in [7, 11) is -16.4. The zero-order valence-electron chi connectivity index (χ0n) is 32.9. The van der Waals surface area contributed by atoms with Gasteiger partial charge in [0.15, 0.2) is 22.8 Å². The minimum absolute atomic E-state index is 0.00850. The summed E-state index contributed by atoms with van der Waals surface area (Å²) >= 11 is 1.09. The summed E-state index contributed by atoms with van der Waals surface area (Å²) < 4.78 is 62.2. The zero-order chi connectivity index (χ0) is 44.9. The number of aliphatic hydroxyl groups is 2. The van der Waals surface area contributed by atoms with Crippen LogP contribution in [0.1, 0.15) is 78.4 Å². The first-order valence-electron chi connectivity index (χ1n) is 18.5. The maximum absolute atomic E-state index is 12.7. The monoisotopic (exact) mass is 935 g/mol. The van der Waals surface area contributed by atoms with Gasteiger partial charge in [0.2, 0.25) is 11.8 Å². The van der Waals surface area contributed by atoms with Gasteiger partial charge in [0.1, 0.15) is 42.0 Å². The normalized spacial score (nSPS) is 20.9. The fraction of sp³-hybridized carbons (Fsp3) is 0.710. The Balaban J connectivity index is 1.41. The van der Waals surface area contributed by atoms with Gasteiger partial charge in [-0.25, -0.2) is 28.6 Å². The number of aromatic nitrogens is 4. The number of carbonyl (C=O) groups excluding carboxylic acids is 4. The molecule has 0 spiro atoms. The Kier molecular flexibility index (Phi) is 19.8. The highest BCUT2D eigenvalue weighted by Gasteiger charge is 2.50. The molecule has 0 aliphatic carbocycles. The van der Waals surface area contributed by atoms with Gasteiger partial charge < -0.3 is 50.9 Å². The fourth-order valence-corrected chi connectivity index (χ4v) is 9.04. The standard InChI is InChI=1S/C31H52N7O18P3S/c1-4-19(39)9-7-5-6-8-10-22(41)60-14-13-33-21(40)11-12-34-29(44)26(43)31(2,3)16-53-59(50,51)56-58(48,49)52-15-20-25(55-57(45,46)47)24(42)30(54-20)38-18-37-23-27(32)35-17-36-28(23)38/h17-18,20,24-26,30,42-43H,4-16H2,1-3H3,(H,33,40)(H,34,44)(H,48,49)(H,50,51)(H2,32,35,36)(H2,45,46,47). The Hall–Kier alpha value is -2.77. The van der Waals surface area contributed by atoms with Crippen molar-refractivity contribution in [1.29, 1.82) is 0 Å². The van der Waals surface area contributed by atoms with Crippen LogP contribution in [0.15, 0.2) is 12.7 Å². The van der Waals surface area contributed by atoms with Crippen LogP contribution in [0.4, 0.5) is 5.82 Å². The molecule has 1 aliphatic rings. The van der Waals surface area contributed by atoms with Gasteiger partial charge >= 0.3 is 23.5 Å². The molecule has 1 saturated heterocycles. The van der Waals surface area contributed by atoms with Crippen molar-refractivity contribution in [2.45, 2.75) is 103 Å². The van der Waals surface area contributed by atoms with Crippen molar-refractivity contribution in [1.82, 2.24) is 30.2 Å². The van der Waals surface area contributed by atoms with Crippen LogP contribution in [-0.2, 0) is 55.5 Å². The minimum Gasteiger partial charge on any atom is -0.386 e. The Morgan fingerprint density at radius 2 is 1.63 bits per heavy atom. The summed E-state index contributed by atoms with van der Waals surface area (Å²) in [5.74, 6) is -0.897. The van der Waals surface area contributed by atoms with Crippen molar-refractivity contribution in [2.24, 2.45) is 5.41 Å². The molecule has 1 aliphatic heterocycles. The lowest BCUT2D eigenvalue weighted by molar-refractivity contribution is -0.137. The van der Waals surface area contributed by atoms with E-state index in [9.17, 15) is 62.7 Å². The second-order valence-corrected chi connectivity index (χ2v) is 19.5. The van der Waals surface area contributed by atoms with E-state index in [2.05, 4.69) is 34.4 Å². The summed E-state index contributed by atoms with van der Waals surface area (Å²) in [5, 5.41) is 26.4. The van der Waals surface area contributed by atoms with E-state index in [-0.39, 0.29) is 47.4 Å². The Bertz CT molecular complexity index is 1940. The van der Waals surface area contributed by atoms with Gasteiger partial charge in [-0.1, -0.05) is 45.4 Å². The van der Waals surface area contributed by atoms with Gasteiger partial charge in [0.25, 0.3) is 0 Å². The molecule has 340 valence electrons. The van der Waals surface area contributed by atoms with Crippen LogP contribution < -0.4 is 16.4 Å². The maximum Gasteiger partial charge on any atom is 0.481 e. The van der Waals surface area contributed by atoms with Crippen LogP contribution in [0.5, 0.6) is 0 Å². The van der Waals surface area contributed by atoms with Crippen LogP contribution in [0.3, 0.4) is 0 Å². The first kappa shape index (κ1) is 51.6. The molecule has 10 N–H and O–H groups in total. The molecule has 3 heterocycles. The topological polar surface area (TPSA) is 381 Å². The highest BCUT2D eigenvalue weighted by atomic mass is 32.2. The second kappa shape index (κ2) is 23.1. The molecule has 3 rings (SSSR count). The third-order valence-corrected chi connectivity index (χ3v) is 12.8. The number of fused-ring (bicyclic) bond motifs is 1. The van der Waals surface area contributed by atoms with Crippen LogP contribution in [0.2, 0.25) is 0 Å². The average Bonchev–Trinajstić information content (AvgIpc) is 3.72. The third kappa shape index (κ3) is 16.8. The van der Waals surface area contributed by atoms with E-state index in [0.717, 1.165) is 54.7 Å². The highest BCUT2D eigenvalue weighted by Crippen LogP contribution is 2.61. The van der Waals surface area contributed by atoms with Gasteiger partial charge in [0, 0.05) is 49.9 Å². The first-order valence-corrected chi connectivity index (χ1v) is 24.0. The number of amides is 2. The molecule has 25 nitrogen and oxygen atoms in total. The van der Waals surface area contributed by atoms with Gasteiger partial charge in [-0.2, -0.15) is 4.31 Å². The number of hydrogen-bond donors (Lipinski definition) is 9. The van der Waals surface area contributed by atoms with Gasteiger partial charge in [-0.05, 0) is 12.8 Å². The van der Waals surface area contributed by atoms with Crippen molar-refractivity contribution in [3.63, 3.8) is 0 Å². The number of hydrogen-bond acceptors (Lipinski definition) is 19. The van der Waals surface area contributed by atoms with Gasteiger partial charge in [-0.15, -0.1) is 0 Å². The molecular weight excluding hydrogens is 883 g/mol. The maximum atomic E-state index is 12.7. The van der Waals surface area contributed by atoms with Crippen molar-refractivity contribution in [3.05, 3.63) is 12.7 Å². The number of phosphoric acid groups is 3. The van der Waals surface area contributed by atoms with E-state index >= 15 is 0 Å². The summed E-state index contributed by atoms with van der Waals surface area (Å²) in [6.07, 6.45) is -2.21. The van der Waals surface area contributed by atoms with Crippen LogP contribution in [0.25, 0.3) is 11.2 Å². The van der Waals surface area contributed by atoms with Crippen LogP contribution in [0, 0.1) is 5.41 Å². The summed E-state index contributed by atoms with van der Waals surface area (Å²) in [6.45, 7) is 2.29. The molecular formula is C31H52N7O18P3S. The number of anilines is 1. The number of nitrogens with two attached hydrogens (primary N) is 1. The number of nitrogens with zero attached hydrogens (tertiary/aromatic N) is 4. The van der Waals surface area contributed by atoms with E-state index in [1.165, 1.54) is 13.8 Å². The number of thioether (sulfide) groups is 1. The average molecular weight is 936 g/mol. The zero-order valence-corrected chi connectivity index (χ0v) is 36.4. The molecule has 60 heavy (non-hydrogen) atoms. The number of ether oxygens (including phenoxy) is 1. The number of Topliss-reactive ketones (excluding diaryl/α,β-unsaturated/α-hetero) is 1. The predicted molar refractivity (Wildman–Crippen MR) is 210 cm³/mol. The molecule has 29 heteroatoms. The quantitative estimate of drug-likeness (QED) is 0.0445. The van der Waals surface area contributed by atoms with E-state index in [0.29, 0.717) is 25.0 Å². The summed E-state index contributed by atoms with van der Waals surface area (Å²) in [5.41, 5.74) is 4.25. The van der Waals surface area contributed by atoms with Gasteiger partial charge in [0.05, 0.1) is 19.5 Å². The van der Waals surface area contributed by atoms with Gasteiger partial charge in [-0.3, -0.25) is 37.3 Å². The number of carbonyl (C=O) groups is 4. The van der Waals surface area contributed by atoms with Crippen molar-refractivity contribution < 1.29 is 85.3 Å². The lowest BCUT2D eigenvalue weighted by Crippen LogP contribution is -2.46. The lowest BCUT2D eigenvalue weighted by Gasteiger charge is -2.30. The largest absolute Gasteiger partial charge is 0.481 e. The number of rotatable bonds is 27. The van der Waals surface area contributed by atoms with E-state index < -0.39 is 84.6 Å². The van der Waals surface area contributed by atoms with Crippen molar-refractivity contribution in [3.8, 4) is 0 Å². The van der Waals surface area contributed by atoms with Crippen molar-refractivity contribution in [2.75, 3.05) is 37.8 Å². The number of imidazole rings is 1. The number of phosphoric ester groups is 3. The van der Waals surface area contributed by atoms with E-state index in [1.54, 1.807) is 0 Å². The molecule has 0 aromatic carbocycles. The molecule has 0 saturated carbocycles. The summed E-state index contributed by atoms with van der Waals surface area (Å²) in [4.78, 5) is 99.1. The van der Waals surface area contributed by atoms with E-state index in [1.807, 2.05) is 6.92 Å². The number of nitrogens with one attached hydrogen (secondary N) is 2. The first-order chi connectivity index (χ1) is 27.9. The second-order valence-electron chi connectivity index (χ2n) is 14.1. The fourth-order valence-electron chi connectivity index (χ4n) is 5.49. The van der Waals surface area contributed by atoms with Crippen molar-refractivity contribution >= 4 is 74.9 Å². The number of unbranched alkanes of at least 4 members (excludes halogenated alkanes) is 3. The van der Waals surface area contributed by atoms with Crippen LogP contribution >= 0.6 is 35.2 Å². The molecule has 2 aromatic rings. The SMILES string of the molecule is CCC(=O)CCCCCCC(=O)SCCNC(=O)CCNC(=O)C(O)C(C)(C)COP(=O)(O)OP(=O)(O)OCC1OC(n2cnc3c(N)ncnc32)C(O)C1OP(=O)(O)O.